The molecule has 0 aromatic heterocycles. The molecule has 0 spiro atoms. The maximum Gasteiger partial charge on any atom is 0.303 e. The van der Waals surface area contributed by atoms with Crippen molar-refractivity contribution < 1.29 is 19.4 Å². The van der Waals surface area contributed by atoms with Gasteiger partial charge in [0.05, 0.1) is 0 Å². The summed E-state index contributed by atoms with van der Waals surface area (Å²) in [5.74, 6) is -0.258. The van der Waals surface area contributed by atoms with Crippen molar-refractivity contribution in [1.82, 2.24) is 5.32 Å². The van der Waals surface area contributed by atoms with Crippen LogP contribution in [0.3, 0.4) is 0 Å². The van der Waals surface area contributed by atoms with Gasteiger partial charge < -0.3 is 15.2 Å². The molecule has 2 N–H and O–H groups in total. The Balaban J connectivity index is 2.35. The number of benzene rings is 1. The van der Waals surface area contributed by atoms with Crippen molar-refractivity contribution in [2.75, 3.05) is 13.2 Å². The molecular formula is C18H25NO4. The molecule has 5 heteroatoms. The fourth-order valence-corrected chi connectivity index (χ4v) is 1.91. The largest absolute Gasteiger partial charge is 0.490 e. The Bertz CT molecular complexity index is 548. The summed E-state index contributed by atoms with van der Waals surface area (Å²) >= 11 is 0. The van der Waals surface area contributed by atoms with E-state index >= 15 is 0 Å². The summed E-state index contributed by atoms with van der Waals surface area (Å²) < 4.78 is 5.58. The van der Waals surface area contributed by atoms with Crippen LogP contribution in [0.4, 0.5) is 0 Å². The average Bonchev–Trinajstić information content (AvgIpc) is 2.50. The summed E-state index contributed by atoms with van der Waals surface area (Å²) in [5, 5.41) is 11.4. The number of rotatable bonds is 10. The van der Waals surface area contributed by atoms with E-state index in [9.17, 15) is 9.59 Å². The normalized spacial score (nSPS) is 10.0. The molecule has 0 aliphatic rings. The maximum absolute atomic E-state index is 12.0. The summed E-state index contributed by atoms with van der Waals surface area (Å²) in [7, 11) is 0. The fourth-order valence-electron chi connectivity index (χ4n) is 1.91. The first-order valence-corrected chi connectivity index (χ1v) is 7.85. The molecule has 0 saturated carbocycles. The van der Waals surface area contributed by atoms with Crippen LogP contribution in [0.5, 0.6) is 5.75 Å². The van der Waals surface area contributed by atoms with Crippen LogP contribution in [-0.4, -0.2) is 30.1 Å². The molecule has 0 bridgehead atoms. The summed E-state index contributed by atoms with van der Waals surface area (Å²) in [6.07, 6.45) is 4.36. The Morgan fingerprint density at radius 3 is 2.70 bits per heavy atom. The van der Waals surface area contributed by atoms with Crippen LogP contribution in [0.25, 0.3) is 0 Å². The lowest BCUT2D eigenvalue weighted by molar-refractivity contribution is -0.137. The minimum atomic E-state index is -0.779. The molecule has 23 heavy (non-hydrogen) atoms. The van der Waals surface area contributed by atoms with Crippen LogP contribution < -0.4 is 10.1 Å². The summed E-state index contributed by atoms with van der Waals surface area (Å²) in [4.78, 5) is 22.4. The minimum Gasteiger partial charge on any atom is -0.490 e. The maximum atomic E-state index is 12.0. The second-order valence-electron chi connectivity index (χ2n) is 5.58. The lowest BCUT2D eigenvalue weighted by Gasteiger charge is -2.08. The number of carboxylic acid groups (broad SMARTS) is 1. The average molecular weight is 319 g/mol. The number of carbonyl (C=O) groups is 2. The number of carbonyl (C=O) groups excluding carboxylic acids is 1. The van der Waals surface area contributed by atoms with Gasteiger partial charge in [0, 0.05) is 18.5 Å². The molecule has 0 heterocycles. The van der Waals surface area contributed by atoms with Crippen molar-refractivity contribution in [3.8, 4) is 5.75 Å². The van der Waals surface area contributed by atoms with Gasteiger partial charge in [-0.1, -0.05) is 18.1 Å². The number of hydrogen-bond donors (Lipinski definition) is 2. The molecule has 0 unspecified atom stereocenters. The first kappa shape index (κ1) is 18.7. The first-order chi connectivity index (χ1) is 11.0. The molecule has 5 nitrogen and oxygen atoms in total. The molecule has 1 aromatic rings. The van der Waals surface area contributed by atoms with Crippen LogP contribution in [0, 0.1) is 0 Å². The van der Waals surface area contributed by atoms with Gasteiger partial charge in [0.2, 0.25) is 0 Å². The highest BCUT2D eigenvalue weighted by Gasteiger charge is 2.06. The smallest absolute Gasteiger partial charge is 0.303 e. The molecule has 0 fully saturated rings. The predicted molar refractivity (Wildman–Crippen MR) is 89.8 cm³/mol. The van der Waals surface area contributed by atoms with E-state index < -0.39 is 5.97 Å². The summed E-state index contributed by atoms with van der Waals surface area (Å²) in [6, 6.07) is 7.08. The van der Waals surface area contributed by atoms with E-state index in [0.717, 1.165) is 12.8 Å². The Morgan fingerprint density at radius 1 is 1.22 bits per heavy atom. The Hall–Kier alpha value is -2.30. The quantitative estimate of drug-likeness (QED) is 0.512. The highest BCUT2D eigenvalue weighted by molar-refractivity contribution is 5.94. The zero-order chi connectivity index (χ0) is 17.1. The molecule has 0 atom stereocenters. The number of nitrogens with one attached hydrogen (secondary N) is 1. The molecule has 1 aromatic carbocycles. The van der Waals surface area contributed by atoms with Crippen LogP contribution in [-0.2, 0) is 4.79 Å². The molecule has 0 aliphatic heterocycles. The Morgan fingerprint density at radius 2 is 2.00 bits per heavy atom. The van der Waals surface area contributed by atoms with Crippen LogP contribution in [0.1, 0.15) is 49.9 Å². The Kier molecular flexibility index (Phi) is 8.50. The molecule has 1 rings (SSSR count). The third-order valence-corrected chi connectivity index (χ3v) is 3.19. The van der Waals surface area contributed by atoms with E-state index in [1.54, 1.807) is 18.2 Å². The van der Waals surface area contributed by atoms with Crippen LogP contribution in [0.15, 0.2) is 35.9 Å². The number of aliphatic carboxylic acids is 1. The van der Waals surface area contributed by atoms with E-state index in [0.29, 0.717) is 30.9 Å². The monoisotopic (exact) mass is 319 g/mol. The van der Waals surface area contributed by atoms with Gasteiger partial charge >= 0.3 is 5.97 Å². The topological polar surface area (TPSA) is 75.6 Å². The van der Waals surface area contributed by atoms with Crippen molar-refractivity contribution in [3.63, 3.8) is 0 Å². The van der Waals surface area contributed by atoms with Gasteiger partial charge in [-0.25, -0.2) is 0 Å². The highest BCUT2D eigenvalue weighted by Crippen LogP contribution is 2.13. The van der Waals surface area contributed by atoms with Gasteiger partial charge in [-0.15, -0.1) is 0 Å². The van der Waals surface area contributed by atoms with Gasteiger partial charge in [-0.2, -0.15) is 0 Å². The van der Waals surface area contributed by atoms with E-state index in [1.807, 2.05) is 26.0 Å². The number of allylic oxidation sites excluding steroid dienone is 1. The zero-order valence-corrected chi connectivity index (χ0v) is 13.8. The van der Waals surface area contributed by atoms with E-state index in [1.165, 1.54) is 5.57 Å². The lowest BCUT2D eigenvalue weighted by Crippen LogP contribution is -2.24. The predicted octanol–water partition coefficient (Wildman–Crippen LogP) is 3.41. The summed E-state index contributed by atoms with van der Waals surface area (Å²) in [5.41, 5.74) is 1.74. The van der Waals surface area contributed by atoms with E-state index in [-0.39, 0.29) is 12.3 Å². The molecule has 1 amide bonds. The molecule has 0 saturated heterocycles. The summed E-state index contributed by atoms with van der Waals surface area (Å²) in [6.45, 7) is 5.03. The standard InChI is InChI=1S/C18H25NO4/c1-14(2)10-12-23-16-8-6-7-15(13-16)18(22)19-11-5-3-4-9-17(20)21/h6-8,10,13H,3-5,9,11-12H2,1-2H3,(H,19,22)(H,20,21). The number of amides is 1. The number of ether oxygens (including phenoxy) is 1. The van der Waals surface area contributed by atoms with Crippen molar-refractivity contribution >= 4 is 11.9 Å². The lowest BCUT2D eigenvalue weighted by atomic mass is 10.1. The van der Waals surface area contributed by atoms with Crippen LogP contribution in [0.2, 0.25) is 0 Å². The minimum absolute atomic E-state index is 0.143. The first-order valence-electron chi connectivity index (χ1n) is 7.85. The number of hydrogen-bond acceptors (Lipinski definition) is 3. The second kappa shape index (κ2) is 10.4. The van der Waals surface area contributed by atoms with Gasteiger partial charge in [-0.05, 0) is 51.0 Å². The SMILES string of the molecule is CC(C)=CCOc1cccc(C(=O)NCCCCCC(=O)O)c1. The molecule has 0 radical (unpaired) electrons. The third-order valence-electron chi connectivity index (χ3n) is 3.19. The molecular weight excluding hydrogens is 294 g/mol. The van der Waals surface area contributed by atoms with Crippen molar-refractivity contribution in [2.45, 2.75) is 39.5 Å². The fraction of sp³-hybridized carbons (Fsp3) is 0.444. The molecule has 126 valence electrons. The zero-order valence-electron chi connectivity index (χ0n) is 13.8. The van der Waals surface area contributed by atoms with Crippen molar-refractivity contribution in [1.29, 1.82) is 0 Å². The van der Waals surface area contributed by atoms with Gasteiger partial charge in [0.25, 0.3) is 5.91 Å². The highest BCUT2D eigenvalue weighted by atomic mass is 16.5. The molecule has 0 aliphatic carbocycles. The van der Waals surface area contributed by atoms with E-state index in [4.69, 9.17) is 9.84 Å². The second-order valence-corrected chi connectivity index (χ2v) is 5.58. The third kappa shape index (κ3) is 8.66. The van der Waals surface area contributed by atoms with Gasteiger partial charge in [0.15, 0.2) is 0 Å². The van der Waals surface area contributed by atoms with Crippen molar-refractivity contribution in [2.24, 2.45) is 0 Å². The number of unbranched alkanes of at least 4 members (excludes halogenated alkanes) is 2. The van der Waals surface area contributed by atoms with Gasteiger partial charge in [-0.3, -0.25) is 9.59 Å². The van der Waals surface area contributed by atoms with Crippen molar-refractivity contribution in [3.05, 3.63) is 41.5 Å². The number of carboxylic acids is 1. The van der Waals surface area contributed by atoms with E-state index in [2.05, 4.69) is 5.32 Å². The van der Waals surface area contributed by atoms with Gasteiger partial charge in [0.1, 0.15) is 12.4 Å². The van der Waals surface area contributed by atoms with Crippen LogP contribution >= 0.6 is 0 Å². The Labute approximate surface area is 137 Å².